The Balaban J connectivity index is 2.46. The summed E-state index contributed by atoms with van der Waals surface area (Å²) in [7, 11) is 0. The quantitative estimate of drug-likeness (QED) is 0.452. The van der Waals surface area contributed by atoms with Gasteiger partial charge in [-0.2, -0.15) is 0 Å². The normalized spacial score (nSPS) is 12.8. The number of hydrogen-bond donors (Lipinski definition) is 0. The van der Waals surface area contributed by atoms with Gasteiger partial charge in [-0.25, -0.2) is 13.2 Å². The van der Waals surface area contributed by atoms with Gasteiger partial charge < -0.3 is 0 Å². The van der Waals surface area contributed by atoms with Crippen molar-refractivity contribution in [2.24, 2.45) is 0 Å². The second-order valence-corrected chi connectivity index (χ2v) is 6.64. The number of thiophene rings is 1. The highest BCUT2D eigenvalue weighted by atomic mass is 79.9. The summed E-state index contributed by atoms with van der Waals surface area (Å²) in [5.74, 6) is -4.05. The minimum atomic E-state index is -1.53. The van der Waals surface area contributed by atoms with Crippen LogP contribution in [0.5, 0.6) is 0 Å². The molecule has 1 atom stereocenters. The highest BCUT2D eigenvalue weighted by molar-refractivity contribution is 9.11. The van der Waals surface area contributed by atoms with Crippen LogP contribution < -0.4 is 0 Å². The summed E-state index contributed by atoms with van der Waals surface area (Å²) in [6.07, 6.45) is 0. The molecule has 1 unspecified atom stereocenters. The number of benzene rings is 1. The van der Waals surface area contributed by atoms with E-state index in [0.717, 1.165) is 12.1 Å². The van der Waals surface area contributed by atoms with Gasteiger partial charge in [0.25, 0.3) is 0 Å². The van der Waals surface area contributed by atoms with Gasteiger partial charge in [-0.05, 0) is 28.1 Å². The van der Waals surface area contributed by atoms with Crippen molar-refractivity contribution >= 4 is 50.5 Å². The third-order valence-corrected chi connectivity index (χ3v) is 5.39. The Bertz CT molecular complexity index is 581. The Hall–Kier alpha value is -0.230. The van der Waals surface area contributed by atoms with Crippen molar-refractivity contribution in [3.05, 3.63) is 54.9 Å². The van der Waals surface area contributed by atoms with Gasteiger partial charge in [0.1, 0.15) is 0 Å². The molecule has 0 N–H and O–H groups in total. The third kappa shape index (κ3) is 2.54. The minimum Gasteiger partial charge on any atom is -0.204 e. The third-order valence-electron chi connectivity index (χ3n) is 2.25. The largest absolute Gasteiger partial charge is 0.204 e. The first-order valence-corrected chi connectivity index (χ1v) is 7.06. The molecule has 7 heteroatoms. The van der Waals surface area contributed by atoms with E-state index in [2.05, 4.69) is 15.9 Å². The second kappa shape index (κ2) is 5.41. The van der Waals surface area contributed by atoms with E-state index >= 15 is 0 Å². The summed E-state index contributed by atoms with van der Waals surface area (Å²) in [6, 6.07) is 3.51. The molecular formula is C11H4BrCl2F3S. The summed E-state index contributed by atoms with van der Waals surface area (Å²) in [5.41, 5.74) is -0.124. The van der Waals surface area contributed by atoms with Crippen LogP contribution in [0.4, 0.5) is 13.2 Å². The smallest absolute Gasteiger partial charge is 0.194 e. The van der Waals surface area contributed by atoms with Crippen LogP contribution in [0.2, 0.25) is 5.02 Å². The maximum absolute atomic E-state index is 13.6. The SMILES string of the molecule is Fc1ccc(C(Cl)c2cc(Cl)c(Br)s2)c(F)c1F. The van der Waals surface area contributed by atoms with Crippen molar-refractivity contribution in [3.63, 3.8) is 0 Å². The van der Waals surface area contributed by atoms with Crippen LogP contribution in [0.25, 0.3) is 0 Å². The Kier molecular flexibility index (Phi) is 4.26. The highest BCUT2D eigenvalue weighted by Crippen LogP contribution is 2.41. The summed E-state index contributed by atoms with van der Waals surface area (Å²) >= 11 is 16.3. The zero-order valence-corrected chi connectivity index (χ0v) is 12.4. The van der Waals surface area contributed by atoms with Crippen LogP contribution in [-0.2, 0) is 0 Å². The summed E-state index contributed by atoms with van der Waals surface area (Å²) in [4.78, 5) is 0.540. The summed E-state index contributed by atoms with van der Waals surface area (Å²) in [6.45, 7) is 0. The van der Waals surface area contributed by atoms with Gasteiger partial charge in [0, 0.05) is 10.4 Å². The zero-order valence-electron chi connectivity index (χ0n) is 8.49. The summed E-state index contributed by atoms with van der Waals surface area (Å²) in [5, 5.41) is -0.488. The van der Waals surface area contributed by atoms with E-state index < -0.39 is 22.8 Å². The number of rotatable bonds is 2. The molecule has 1 aromatic heterocycles. The molecule has 0 fully saturated rings. The average Bonchev–Trinajstić information content (AvgIpc) is 2.66. The van der Waals surface area contributed by atoms with Crippen molar-refractivity contribution in [2.45, 2.75) is 5.38 Å². The molecule has 0 amide bonds. The van der Waals surface area contributed by atoms with Crippen molar-refractivity contribution in [2.75, 3.05) is 0 Å². The van der Waals surface area contributed by atoms with Crippen molar-refractivity contribution in [1.82, 2.24) is 0 Å². The fraction of sp³-hybridized carbons (Fsp3) is 0.0909. The lowest BCUT2D eigenvalue weighted by Crippen LogP contribution is -2.00. The highest BCUT2D eigenvalue weighted by Gasteiger charge is 2.22. The molecular weight excluding hydrogens is 372 g/mol. The summed E-state index contributed by atoms with van der Waals surface area (Å²) < 4.78 is 40.1. The maximum Gasteiger partial charge on any atom is 0.194 e. The Morgan fingerprint density at radius 3 is 2.39 bits per heavy atom. The van der Waals surface area contributed by atoms with Crippen LogP contribution in [0.3, 0.4) is 0 Å². The second-order valence-electron chi connectivity index (χ2n) is 3.40. The van der Waals surface area contributed by atoms with Crippen LogP contribution in [0.15, 0.2) is 22.0 Å². The molecule has 2 aromatic rings. The predicted molar refractivity (Wildman–Crippen MR) is 71.0 cm³/mol. The van der Waals surface area contributed by atoms with Crippen molar-refractivity contribution < 1.29 is 13.2 Å². The van der Waals surface area contributed by atoms with E-state index in [9.17, 15) is 13.2 Å². The topological polar surface area (TPSA) is 0 Å². The van der Waals surface area contributed by atoms with Crippen molar-refractivity contribution in [1.29, 1.82) is 0 Å². The molecule has 1 heterocycles. The first-order valence-electron chi connectivity index (χ1n) is 4.64. The first-order chi connectivity index (χ1) is 8.41. The minimum absolute atomic E-state index is 0.124. The van der Waals surface area contributed by atoms with Gasteiger partial charge in [0.2, 0.25) is 0 Å². The van der Waals surface area contributed by atoms with Gasteiger partial charge >= 0.3 is 0 Å². The monoisotopic (exact) mass is 374 g/mol. The van der Waals surface area contributed by atoms with Crippen LogP contribution in [0, 0.1) is 17.5 Å². The van der Waals surface area contributed by atoms with E-state index in [1.807, 2.05) is 0 Å². The number of hydrogen-bond acceptors (Lipinski definition) is 1. The molecule has 2 rings (SSSR count). The first kappa shape index (κ1) is 14.2. The molecule has 0 spiro atoms. The molecule has 0 nitrogen and oxygen atoms in total. The molecule has 18 heavy (non-hydrogen) atoms. The molecule has 0 bridgehead atoms. The zero-order chi connectivity index (χ0) is 13.4. The average molecular weight is 376 g/mol. The van der Waals surface area contributed by atoms with Crippen molar-refractivity contribution in [3.8, 4) is 0 Å². The van der Waals surface area contributed by atoms with E-state index in [1.54, 1.807) is 6.07 Å². The van der Waals surface area contributed by atoms with Gasteiger partial charge in [-0.15, -0.1) is 22.9 Å². The number of halogens is 6. The number of alkyl halides is 1. The lowest BCUT2D eigenvalue weighted by atomic mass is 10.1. The van der Waals surface area contributed by atoms with E-state index in [4.69, 9.17) is 23.2 Å². The molecule has 0 aliphatic rings. The Morgan fingerprint density at radius 2 is 1.83 bits per heavy atom. The van der Waals surface area contributed by atoms with Gasteiger partial charge in [0.15, 0.2) is 17.5 Å². The molecule has 0 aliphatic heterocycles. The predicted octanol–water partition coefficient (Wildman–Crippen LogP) is 5.91. The lowest BCUT2D eigenvalue weighted by Gasteiger charge is -2.09. The Labute approximate surface area is 123 Å². The van der Waals surface area contributed by atoms with Crippen LogP contribution in [-0.4, -0.2) is 0 Å². The standard InChI is InChI=1S/C11H4BrCl2F3S/c12-11-5(13)3-7(18-11)8(14)4-1-2-6(15)10(17)9(4)16/h1-3,8H. The van der Waals surface area contributed by atoms with Crippen LogP contribution >= 0.6 is 50.5 Å². The van der Waals surface area contributed by atoms with E-state index in [1.165, 1.54) is 11.3 Å². The van der Waals surface area contributed by atoms with Gasteiger partial charge in [0.05, 0.1) is 14.2 Å². The molecule has 0 saturated heterocycles. The molecule has 0 saturated carbocycles. The van der Waals surface area contributed by atoms with Gasteiger partial charge in [-0.3, -0.25) is 0 Å². The van der Waals surface area contributed by atoms with E-state index in [-0.39, 0.29) is 5.56 Å². The molecule has 0 radical (unpaired) electrons. The molecule has 0 aliphatic carbocycles. The maximum atomic E-state index is 13.6. The molecule has 1 aromatic carbocycles. The van der Waals surface area contributed by atoms with E-state index in [0.29, 0.717) is 13.7 Å². The fourth-order valence-corrected chi connectivity index (χ4v) is 3.49. The molecule has 96 valence electrons. The Morgan fingerprint density at radius 1 is 1.17 bits per heavy atom. The lowest BCUT2D eigenvalue weighted by molar-refractivity contribution is 0.441. The van der Waals surface area contributed by atoms with Crippen LogP contribution in [0.1, 0.15) is 15.8 Å². The van der Waals surface area contributed by atoms with Gasteiger partial charge in [-0.1, -0.05) is 17.7 Å². The fourth-order valence-electron chi connectivity index (χ4n) is 1.38.